The van der Waals surface area contributed by atoms with E-state index in [0.29, 0.717) is 38.3 Å². The second-order valence-electron chi connectivity index (χ2n) is 6.43. The number of halogens is 1. The van der Waals surface area contributed by atoms with Crippen LogP contribution in [-0.2, 0) is 11.3 Å². The largest absolute Gasteiger partial charge is 0.462 e. The van der Waals surface area contributed by atoms with Gasteiger partial charge in [-0.1, -0.05) is 19.1 Å². The Hall–Kier alpha value is -2.93. The van der Waals surface area contributed by atoms with Crippen molar-refractivity contribution in [3.63, 3.8) is 0 Å². The Labute approximate surface area is 172 Å². The van der Waals surface area contributed by atoms with Gasteiger partial charge in [0.15, 0.2) is 0 Å². The highest BCUT2D eigenvalue weighted by molar-refractivity contribution is 7.21. The Morgan fingerprint density at radius 1 is 1.14 bits per heavy atom. The first-order valence-corrected chi connectivity index (χ1v) is 10.4. The number of hydrogen-bond donors (Lipinski definition) is 2. The lowest BCUT2D eigenvalue weighted by atomic mass is 10.1. The lowest BCUT2D eigenvalue weighted by Gasteiger charge is -2.10. The zero-order chi connectivity index (χ0) is 20.8. The molecule has 1 aromatic heterocycles. The lowest BCUT2D eigenvalue weighted by molar-refractivity contribution is 0.0531. The molecule has 1 amide bonds. The summed E-state index contributed by atoms with van der Waals surface area (Å²) in [5.41, 5.74) is 1.80. The van der Waals surface area contributed by atoms with Crippen LogP contribution in [0, 0.1) is 5.82 Å². The third-order valence-electron chi connectivity index (χ3n) is 4.35. The van der Waals surface area contributed by atoms with E-state index >= 15 is 0 Å². The third kappa shape index (κ3) is 4.74. The van der Waals surface area contributed by atoms with Crippen molar-refractivity contribution in [3.8, 4) is 0 Å². The van der Waals surface area contributed by atoms with Gasteiger partial charge in [0, 0.05) is 40.0 Å². The van der Waals surface area contributed by atoms with Crippen LogP contribution in [-0.4, -0.2) is 25.0 Å². The number of fused-ring (bicyclic) bond motifs is 1. The fourth-order valence-corrected chi connectivity index (χ4v) is 4.13. The number of rotatable bonds is 8. The van der Waals surface area contributed by atoms with Crippen molar-refractivity contribution in [2.75, 3.05) is 18.5 Å². The first-order chi connectivity index (χ1) is 14.0. The van der Waals surface area contributed by atoms with Crippen LogP contribution < -0.4 is 10.6 Å². The number of carbonyl (C=O) groups excluding carboxylic acids is 2. The monoisotopic (exact) mass is 414 g/mol. The van der Waals surface area contributed by atoms with Crippen molar-refractivity contribution in [2.24, 2.45) is 0 Å². The molecule has 0 aliphatic rings. The molecule has 2 aromatic carbocycles. The number of ether oxygens (including phenoxy) is 1. The molecule has 2 N–H and O–H groups in total. The second kappa shape index (κ2) is 9.52. The van der Waals surface area contributed by atoms with Gasteiger partial charge in [-0.25, -0.2) is 9.18 Å². The van der Waals surface area contributed by atoms with Gasteiger partial charge in [0.25, 0.3) is 5.91 Å². The van der Waals surface area contributed by atoms with Gasteiger partial charge < -0.3 is 15.4 Å². The quantitative estimate of drug-likeness (QED) is 0.511. The Kier molecular flexibility index (Phi) is 6.82. The molecule has 0 saturated heterocycles. The van der Waals surface area contributed by atoms with Crippen molar-refractivity contribution in [3.05, 3.63) is 64.3 Å². The molecule has 0 spiro atoms. The van der Waals surface area contributed by atoms with Crippen LogP contribution in [0.25, 0.3) is 10.1 Å². The summed E-state index contributed by atoms with van der Waals surface area (Å²) >= 11 is 1.22. The van der Waals surface area contributed by atoms with E-state index in [1.54, 1.807) is 37.3 Å². The minimum Gasteiger partial charge on any atom is -0.462 e. The van der Waals surface area contributed by atoms with Gasteiger partial charge in [0.05, 0.1) is 6.61 Å². The highest BCUT2D eigenvalue weighted by Gasteiger charge is 2.21. The van der Waals surface area contributed by atoms with Crippen LogP contribution in [0.2, 0.25) is 0 Å². The maximum absolute atomic E-state index is 14.5. The van der Waals surface area contributed by atoms with Crippen LogP contribution >= 0.6 is 11.3 Å². The maximum atomic E-state index is 14.5. The smallest absolute Gasteiger partial charge is 0.348 e. The van der Waals surface area contributed by atoms with E-state index in [9.17, 15) is 14.0 Å². The molecule has 5 nitrogen and oxygen atoms in total. The summed E-state index contributed by atoms with van der Waals surface area (Å²) in [6.07, 6.45) is 0.858. The Balaban J connectivity index is 1.88. The number of carbonyl (C=O) groups is 2. The molecular weight excluding hydrogens is 391 g/mol. The minimum atomic E-state index is -0.461. The molecular formula is C22H23FN2O3S. The molecule has 0 radical (unpaired) electrons. The van der Waals surface area contributed by atoms with E-state index < -0.39 is 5.97 Å². The van der Waals surface area contributed by atoms with Crippen molar-refractivity contribution < 1.29 is 18.7 Å². The molecule has 3 rings (SSSR count). The number of hydrogen-bond acceptors (Lipinski definition) is 5. The molecule has 1 heterocycles. The number of anilines is 1. The highest BCUT2D eigenvalue weighted by atomic mass is 32.1. The molecule has 152 valence electrons. The second-order valence-corrected chi connectivity index (χ2v) is 7.49. The Morgan fingerprint density at radius 3 is 2.69 bits per heavy atom. The summed E-state index contributed by atoms with van der Waals surface area (Å²) in [5, 5.41) is 6.47. The molecule has 0 fully saturated rings. The van der Waals surface area contributed by atoms with Crippen LogP contribution in [0.5, 0.6) is 0 Å². The number of nitrogens with one attached hydrogen (secondary N) is 2. The van der Waals surface area contributed by atoms with Gasteiger partial charge in [-0.3, -0.25) is 4.79 Å². The van der Waals surface area contributed by atoms with Crippen LogP contribution in [0.4, 0.5) is 10.1 Å². The van der Waals surface area contributed by atoms with Gasteiger partial charge in [-0.2, -0.15) is 0 Å². The maximum Gasteiger partial charge on any atom is 0.348 e. The predicted octanol–water partition coefficient (Wildman–Crippen LogP) is 4.97. The average molecular weight is 415 g/mol. The summed E-state index contributed by atoms with van der Waals surface area (Å²) < 4.78 is 20.3. The van der Waals surface area contributed by atoms with Crippen LogP contribution in [0.1, 0.15) is 45.9 Å². The lowest BCUT2D eigenvalue weighted by Crippen LogP contribution is -2.23. The zero-order valence-electron chi connectivity index (χ0n) is 16.4. The highest BCUT2D eigenvalue weighted by Crippen LogP contribution is 2.34. The van der Waals surface area contributed by atoms with E-state index in [2.05, 4.69) is 10.6 Å². The first kappa shape index (κ1) is 20.8. The summed E-state index contributed by atoms with van der Waals surface area (Å²) in [6, 6.07) is 11.9. The SMILES string of the molecule is CCCNC(=O)c1cccc(NCc2c(C(=O)OCC)sc3cccc(F)c23)c1. The molecule has 0 aliphatic carbocycles. The van der Waals surface area contributed by atoms with E-state index in [1.807, 2.05) is 13.0 Å². The number of amides is 1. The van der Waals surface area contributed by atoms with Gasteiger partial charge in [0.2, 0.25) is 0 Å². The van der Waals surface area contributed by atoms with Gasteiger partial charge in [0.1, 0.15) is 10.7 Å². The fourth-order valence-electron chi connectivity index (χ4n) is 3.00. The van der Waals surface area contributed by atoms with Gasteiger partial charge >= 0.3 is 5.97 Å². The van der Waals surface area contributed by atoms with Crippen molar-refractivity contribution in [1.82, 2.24) is 5.32 Å². The minimum absolute atomic E-state index is 0.144. The predicted molar refractivity (Wildman–Crippen MR) is 114 cm³/mol. The van der Waals surface area contributed by atoms with Crippen molar-refractivity contribution >= 4 is 39.0 Å². The summed E-state index contributed by atoms with van der Waals surface area (Å²) in [7, 11) is 0. The first-order valence-electron chi connectivity index (χ1n) is 9.54. The molecule has 0 unspecified atom stereocenters. The standard InChI is InChI=1S/C22H23FN2O3S/c1-3-11-24-21(26)14-7-5-8-15(12-14)25-13-16-19-17(23)9-6-10-18(19)29-20(16)22(27)28-4-2/h5-10,12,25H,3-4,11,13H2,1-2H3,(H,24,26). The van der Waals surface area contributed by atoms with Crippen molar-refractivity contribution in [1.29, 1.82) is 0 Å². The average Bonchev–Trinajstić information content (AvgIpc) is 3.11. The third-order valence-corrected chi connectivity index (χ3v) is 5.53. The number of benzene rings is 2. The molecule has 0 saturated carbocycles. The molecule has 0 bridgehead atoms. The molecule has 0 atom stereocenters. The Bertz CT molecular complexity index is 1030. The van der Waals surface area contributed by atoms with E-state index in [4.69, 9.17) is 4.74 Å². The molecule has 0 aliphatic heterocycles. The van der Waals surface area contributed by atoms with Crippen LogP contribution in [0.3, 0.4) is 0 Å². The summed E-state index contributed by atoms with van der Waals surface area (Å²) in [6.45, 7) is 4.81. The summed E-state index contributed by atoms with van der Waals surface area (Å²) in [5.74, 6) is -0.980. The topological polar surface area (TPSA) is 67.4 Å². The van der Waals surface area contributed by atoms with Crippen LogP contribution in [0.15, 0.2) is 42.5 Å². The number of esters is 1. The zero-order valence-corrected chi connectivity index (χ0v) is 17.2. The number of thiophene rings is 1. The fraction of sp³-hybridized carbons (Fsp3) is 0.273. The Morgan fingerprint density at radius 2 is 1.93 bits per heavy atom. The van der Waals surface area contributed by atoms with E-state index in [1.165, 1.54) is 17.4 Å². The van der Waals surface area contributed by atoms with Crippen molar-refractivity contribution in [2.45, 2.75) is 26.8 Å². The molecule has 7 heteroatoms. The van der Waals surface area contributed by atoms with Gasteiger partial charge in [-0.15, -0.1) is 11.3 Å². The normalized spacial score (nSPS) is 10.7. The molecule has 3 aromatic rings. The molecule has 29 heavy (non-hydrogen) atoms. The van der Waals surface area contributed by atoms with Gasteiger partial charge in [-0.05, 0) is 43.7 Å². The van der Waals surface area contributed by atoms with E-state index in [-0.39, 0.29) is 24.9 Å². The summed E-state index contributed by atoms with van der Waals surface area (Å²) in [4.78, 5) is 24.9. The van der Waals surface area contributed by atoms with E-state index in [0.717, 1.165) is 6.42 Å².